The summed E-state index contributed by atoms with van der Waals surface area (Å²) >= 11 is 7.15. The number of thioether (sulfide) groups is 1. The summed E-state index contributed by atoms with van der Waals surface area (Å²) in [7, 11) is 0. The molecule has 0 aliphatic carbocycles. The number of carbonyl (C=O) groups excluding carboxylic acids is 1. The lowest BCUT2D eigenvalue weighted by Crippen LogP contribution is -2.19. The van der Waals surface area contributed by atoms with E-state index >= 15 is 0 Å². The molecule has 0 atom stereocenters. The van der Waals surface area contributed by atoms with E-state index in [2.05, 4.69) is 48.8 Å². The Kier molecular flexibility index (Phi) is 7.08. The summed E-state index contributed by atoms with van der Waals surface area (Å²) in [5.74, 6) is 2.11. The molecule has 0 spiro atoms. The smallest absolute Gasteiger partial charge is 0.264 e. The van der Waals surface area contributed by atoms with E-state index in [-0.39, 0.29) is 12.7 Å². The van der Waals surface area contributed by atoms with Crippen LogP contribution in [0, 0.1) is 17.4 Å². The maximum atomic E-state index is 12.5. The molecule has 5 rings (SSSR count). The maximum Gasteiger partial charge on any atom is 0.264 e. The zero-order valence-corrected chi connectivity index (χ0v) is 23.4. The molecule has 35 heavy (non-hydrogen) atoms. The van der Waals surface area contributed by atoms with Gasteiger partial charge in [0, 0.05) is 4.47 Å². The second-order valence-corrected chi connectivity index (χ2v) is 11.0. The number of aryl methyl sites for hydroxylation is 2. The van der Waals surface area contributed by atoms with Gasteiger partial charge < -0.3 is 19.5 Å². The van der Waals surface area contributed by atoms with Gasteiger partial charge in [0.25, 0.3) is 5.91 Å². The van der Waals surface area contributed by atoms with Gasteiger partial charge in [-0.1, -0.05) is 28.1 Å². The van der Waals surface area contributed by atoms with Crippen LogP contribution in [0.15, 0.2) is 62.9 Å². The van der Waals surface area contributed by atoms with Crippen LogP contribution < -0.4 is 19.5 Å². The average Bonchev–Trinajstić information content (AvgIpc) is 3.42. The largest absolute Gasteiger partial charge is 0.488 e. The van der Waals surface area contributed by atoms with E-state index in [0.29, 0.717) is 16.7 Å². The van der Waals surface area contributed by atoms with Gasteiger partial charge in [-0.3, -0.25) is 4.79 Å². The van der Waals surface area contributed by atoms with Crippen LogP contribution in [0.1, 0.15) is 22.3 Å². The molecule has 3 aromatic carbocycles. The second-order valence-electron chi connectivity index (χ2n) is 8.04. The fourth-order valence-electron chi connectivity index (χ4n) is 3.65. The van der Waals surface area contributed by atoms with Crippen molar-refractivity contribution in [1.82, 2.24) is 5.32 Å². The molecule has 1 amide bonds. The summed E-state index contributed by atoms with van der Waals surface area (Å²) < 4.78 is 18.8. The van der Waals surface area contributed by atoms with Crippen molar-refractivity contribution in [3.8, 4) is 17.2 Å². The number of hydrogen-bond acceptors (Lipinski definition) is 6. The number of hydrogen-bond donors (Lipinski definition) is 1. The van der Waals surface area contributed by atoms with Gasteiger partial charge in [0.2, 0.25) is 6.79 Å². The van der Waals surface area contributed by atoms with Gasteiger partial charge >= 0.3 is 0 Å². The van der Waals surface area contributed by atoms with Gasteiger partial charge in [-0.15, -0.1) is 0 Å². The Hall–Kier alpha value is -2.50. The Morgan fingerprint density at radius 2 is 1.89 bits per heavy atom. The predicted molar refractivity (Wildman–Crippen MR) is 150 cm³/mol. The third-order valence-corrected chi connectivity index (χ3v) is 8.39. The average molecular weight is 663 g/mol. The van der Waals surface area contributed by atoms with Crippen molar-refractivity contribution in [2.24, 2.45) is 4.99 Å². The highest BCUT2D eigenvalue weighted by atomic mass is 127. The van der Waals surface area contributed by atoms with Gasteiger partial charge in [-0.2, -0.15) is 0 Å². The van der Waals surface area contributed by atoms with Crippen molar-refractivity contribution >= 4 is 73.1 Å². The van der Waals surface area contributed by atoms with Crippen molar-refractivity contribution in [2.75, 3.05) is 6.79 Å². The number of nitrogens with zero attached hydrogens (tertiary/aromatic N) is 1. The zero-order chi connectivity index (χ0) is 24.5. The third-order valence-electron chi connectivity index (χ3n) is 5.39. The van der Waals surface area contributed by atoms with Crippen molar-refractivity contribution < 1.29 is 19.0 Å². The number of amides is 1. The number of benzene rings is 3. The predicted octanol–water partition coefficient (Wildman–Crippen LogP) is 6.87. The summed E-state index contributed by atoms with van der Waals surface area (Å²) in [4.78, 5) is 17.7. The number of halogens is 2. The van der Waals surface area contributed by atoms with Crippen LogP contribution in [-0.4, -0.2) is 17.9 Å². The fraction of sp³-hybridized carbons (Fsp3) is 0.154. The van der Waals surface area contributed by atoms with Gasteiger partial charge in [-0.25, -0.2) is 4.99 Å². The summed E-state index contributed by atoms with van der Waals surface area (Å²) in [6, 6.07) is 15.6. The Labute approximate surface area is 229 Å². The number of nitrogens with one attached hydrogen (secondary N) is 1. The molecule has 178 valence electrons. The number of aliphatic imine (C=N–C) groups is 1. The molecular formula is C26H20BrIN2O4S. The highest BCUT2D eigenvalue weighted by molar-refractivity contribution is 14.1. The Morgan fingerprint density at radius 3 is 2.66 bits per heavy atom. The zero-order valence-electron chi connectivity index (χ0n) is 18.9. The van der Waals surface area contributed by atoms with Crippen molar-refractivity contribution in [2.45, 2.75) is 20.5 Å². The van der Waals surface area contributed by atoms with E-state index in [1.165, 1.54) is 11.8 Å². The standard InChI is InChI=1S/C26H20BrIN2O4S/c1-14-7-18(8-15(2)24(14)27)29-26-30-25(31)23(35-26)11-16-3-5-20(19(28)9-16)32-12-17-4-6-21-22(10-17)34-13-33-21/h3-11H,12-13H2,1-2H3,(H,29,30,31)/b23-11-. The number of carbonyl (C=O) groups is 1. The number of fused-ring (bicyclic) bond motifs is 1. The van der Waals surface area contributed by atoms with E-state index in [1.54, 1.807) is 0 Å². The molecule has 3 aromatic rings. The summed E-state index contributed by atoms with van der Waals surface area (Å²) in [6.45, 7) is 4.72. The minimum absolute atomic E-state index is 0.155. The molecule has 9 heteroatoms. The molecule has 0 bridgehead atoms. The Balaban J connectivity index is 1.27. The van der Waals surface area contributed by atoms with Crippen LogP contribution in [-0.2, 0) is 11.4 Å². The lowest BCUT2D eigenvalue weighted by atomic mass is 10.1. The molecule has 0 radical (unpaired) electrons. The first-order chi connectivity index (χ1) is 16.9. The summed E-state index contributed by atoms with van der Waals surface area (Å²) in [5, 5.41) is 3.43. The number of rotatable bonds is 5. The molecule has 2 aliphatic rings. The molecule has 0 unspecified atom stereocenters. The Bertz CT molecular complexity index is 1380. The van der Waals surface area contributed by atoms with Gasteiger partial charge in [0.1, 0.15) is 12.4 Å². The second kappa shape index (κ2) is 10.2. The number of amidine groups is 1. The molecule has 1 fully saturated rings. The van der Waals surface area contributed by atoms with Gasteiger partial charge in [-0.05, 0) is 113 Å². The molecule has 2 heterocycles. The first kappa shape index (κ1) is 24.2. The normalized spacial score (nSPS) is 16.7. The lowest BCUT2D eigenvalue weighted by Gasteiger charge is -2.09. The highest BCUT2D eigenvalue weighted by Crippen LogP contribution is 2.34. The van der Waals surface area contributed by atoms with E-state index < -0.39 is 0 Å². The third kappa shape index (κ3) is 5.52. The quantitative estimate of drug-likeness (QED) is 0.239. The summed E-state index contributed by atoms with van der Waals surface area (Å²) in [5.41, 5.74) is 4.93. The van der Waals surface area contributed by atoms with Gasteiger partial charge in [0.05, 0.1) is 14.2 Å². The highest BCUT2D eigenvalue weighted by Gasteiger charge is 2.24. The van der Waals surface area contributed by atoms with Crippen LogP contribution in [0.4, 0.5) is 5.69 Å². The van der Waals surface area contributed by atoms with E-state index in [0.717, 1.165) is 53.2 Å². The van der Waals surface area contributed by atoms with E-state index in [9.17, 15) is 4.79 Å². The molecule has 1 saturated heterocycles. The number of ether oxygens (including phenoxy) is 3. The molecule has 6 nitrogen and oxygen atoms in total. The SMILES string of the molecule is Cc1cc(N=C2NC(=O)/C(=C/c3ccc(OCc4ccc5c(c4)OCO5)c(I)c3)S2)cc(C)c1Br. The molecule has 2 aliphatic heterocycles. The minimum Gasteiger partial charge on any atom is -0.488 e. The monoisotopic (exact) mass is 662 g/mol. The molecule has 1 N–H and O–H groups in total. The van der Waals surface area contributed by atoms with E-state index in [1.807, 2.05) is 68.5 Å². The topological polar surface area (TPSA) is 69.2 Å². The van der Waals surface area contributed by atoms with Crippen molar-refractivity contribution in [1.29, 1.82) is 0 Å². The van der Waals surface area contributed by atoms with Crippen LogP contribution >= 0.6 is 50.3 Å². The fourth-order valence-corrected chi connectivity index (χ4v) is 5.42. The van der Waals surface area contributed by atoms with Crippen molar-refractivity contribution in [3.63, 3.8) is 0 Å². The first-order valence-electron chi connectivity index (χ1n) is 10.7. The Morgan fingerprint density at radius 1 is 1.11 bits per heavy atom. The molecular weight excluding hydrogens is 643 g/mol. The molecule has 0 saturated carbocycles. The summed E-state index contributed by atoms with van der Waals surface area (Å²) in [6.07, 6.45) is 1.87. The molecule has 0 aromatic heterocycles. The minimum atomic E-state index is -0.155. The van der Waals surface area contributed by atoms with Crippen LogP contribution in [0.25, 0.3) is 6.08 Å². The van der Waals surface area contributed by atoms with Crippen LogP contribution in [0.2, 0.25) is 0 Å². The first-order valence-corrected chi connectivity index (χ1v) is 13.4. The van der Waals surface area contributed by atoms with Crippen molar-refractivity contribution in [3.05, 3.63) is 83.7 Å². The maximum absolute atomic E-state index is 12.5. The van der Waals surface area contributed by atoms with Crippen LogP contribution in [0.3, 0.4) is 0 Å². The van der Waals surface area contributed by atoms with Crippen LogP contribution in [0.5, 0.6) is 17.2 Å². The van der Waals surface area contributed by atoms with Gasteiger partial charge in [0.15, 0.2) is 16.7 Å². The van der Waals surface area contributed by atoms with E-state index in [4.69, 9.17) is 14.2 Å². The lowest BCUT2D eigenvalue weighted by molar-refractivity contribution is -0.115.